The molecule has 0 aliphatic heterocycles. The number of pyridine rings is 1. The number of ether oxygens (including phenoxy) is 1. The number of nitrogens with zero attached hydrogens (tertiary/aromatic N) is 3. The lowest BCUT2D eigenvalue weighted by Crippen LogP contribution is -2.08. The fourth-order valence-electron chi connectivity index (χ4n) is 3.04. The van der Waals surface area contributed by atoms with E-state index >= 15 is 0 Å². The van der Waals surface area contributed by atoms with E-state index in [-0.39, 0.29) is 35.8 Å². The third kappa shape index (κ3) is 4.33. The van der Waals surface area contributed by atoms with Crippen LogP contribution in [-0.2, 0) is 19.3 Å². The average molecular weight is 451 g/mol. The van der Waals surface area contributed by atoms with E-state index in [1.165, 1.54) is 18.2 Å². The van der Waals surface area contributed by atoms with Crippen LogP contribution in [0.4, 0.5) is 17.6 Å². The van der Waals surface area contributed by atoms with Gasteiger partial charge in [-0.05, 0) is 48.0 Å². The molecule has 0 aliphatic carbocycles. The summed E-state index contributed by atoms with van der Waals surface area (Å²) in [4.78, 5) is 4.29. The highest BCUT2D eigenvalue weighted by Gasteiger charge is 2.38. The van der Waals surface area contributed by atoms with E-state index < -0.39 is 17.7 Å². The van der Waals surface area contributed by atoms with Gasteiger partial charge in [0.1, 0.15) is 12.4 Å². The van der Waals surface area contributed by atoms with Gasteiger partial charge in [0, 0.05) is 17.1 Å². The quantitative estimate of drug-likeness (QED) is 0.421. The molecule has 0 atom stereocenters. The molecule has 0 fully saturated rings. The number of aromatic nitrogens is 3. The van der Waals surface area contributed by atoms with Crippen molar-refractivity contribution < 1.29 is 22.3 Å². The first-order valence-electron chi connectivity index (χ1n) is 9.09. The molecule has 160 valence electrons. The van der Waals surface area contributed by atoms with E-state index in [2.05, 4.69) is 10.1 Å². The van der Waals surface area contributed by atoms with Gasteiger partial charge in [0.25, 0.3) is 0 Å². The molecule has 0 saturated carbocycles. The van der Waals surface area contributed by atoms with Crippen molar-refractivity contribution in [2.75, 3.05) is 0 Å². The molecular weight excluding hydrogens is 436 g/mol. The second-order valence-corrected chi connectivity index (χ2v) is 7.11. The van der Waals surface area contributed by atoms with E-state index in [1.807, 2.05) is 0 Å². The van der Waals surface area contributed by atoms with E-state index in [4.69, 9.17) is 22.1 Å². The van der Waals surface area contributed by atoms with Crippen LogP contribution in [0.15, 0.2) is 54.6 Å². The van der Waals surface area contributed by atoms with Gasteiger partial charge in [-0.15, -0.1) is 0 Å². The molecule has 31 heavy (non-hydrogen) atoms. The highest BCUT2D eigenvalue weighted by Crippen LogP contribution is 2.36. The first kappa shape index (κ1) is 21.1. The fraction of sp³-hybridized carbons (Fsp3) is 0.143. The van der Waals surface area contributed by atoms with Gasteiger partial charge in [0.2, 0.25) is 5.88 Å². The van der Waals surface area contributed by atoms with Crippen LogP contribution in [0, 0.1) is 5.82 Å². The third-order valence-electron chi connectivity index (χ3n) is 4.55. The molecule has 2 aromatic carbocycles. The molecule has 0 amide bonds. The summed E-state index contributed by atoms with van der Waals surface area (Å²) in [6.45, 7) is 0.0252. The van der Waals surface area contributed by atoms with Crippen LogP contribution in [0.5, 0.6) is 5.88 Å². The van der Waals surface area contributed by atoms with E-state index in [0.29, 0.717) is 10.6 Å². The Labute approximate surface area is 179 Å². The molecule has 0 spiro atoms. The molecule has 0 aliphatic rings. The van der Waals surface area contributed by atoms with Crippen molar-refractivity contribution in [2.24, 2.45) is 5.73 Å². The molecular formula is C21H15ClF4N4O. The molecule has 10 heteroatoms. The topological polar surface area (TPSA) is 66.0 Å². The number of halogens is 5. The highest BCUT2D eigenvalue weighted by atomic mass is 35.5. The minimum Gasteiger partial charge on any atom is -0.473 e. The average Bonchev–Trinajstić information content (AvgIpc) is 3.12. The van der Waals surface area contributed by atoms with Crippen LogP contribution in [0.1, 0.15) is 16.8 Å². The summed E-state index contributed by atoms with van der Waals surface area (Å²) in [5.41, 5.74) is 5.85. The van der Waals surface area contributed by atoms with Crippen molar-refractivity contribution in [3.63, 3.8) is 0 Å². The lowest BCUT2D eigenvalue weighted by Gasteiger charge is -2.11. The molecule has 0 saturated heterocycles. The van der Waals surface area contributed by atoms with Crippen LogP contribution >= 0.6 is 11.6 Å². The lowest BCUT2D eigenvalue weighted by molar-refractivity contribution is -0.140. The van der Waals surface area contributed by atoms with Crippen molar-refractivity contribution >= 4 is 22.6 Å². The molecule has 2 N–H and O–H groups in total. The molecule has 5 nitrogen and oxygen atoms in total. The molecule has 4 rings (SSSR count). The largest absolute Gasteiger partial charge is 0.473 e. The van der Waals surface area contributed by atoms with Gasteiger partial charge in [-0.25, -0.2) is 9.07 Å². The Balaban J connectivity index is 1.82. The summed E-state index contributed by atoms with van der Waals surface area (Å²) in [6, 6.07) is 13.1. The molecule has 0 bridgehead atoms. The minimum atomic E-state index is -4.72. The van der Waals surface area contributed by atoms with Gasteiger partial charge >= 0.3 is 6.18 Å². The third-order valence-corrected chi connectivity index (χ3v) is 4.80. The Morgan fingerprint density at radius 2 is 1.71 bits per heavy atom. The second-order valence-electron chi connectivity index (χ2n) is 6.68. The number of rotatable bonds is 5. The molecule has 2 aromatic heterocycles. The summed E-state index contributed by atoms with van der Waals surface area (Å²) in [6.07, 6.45) is -4.72. The molecule has 0 unspecified atom stereocenters. The Morgan fingerprint density at radius 1 is 1.03 bits per heavy atom. The number of benzene rings is 2. The summed E-state index contributed by atoms with van der Waals surface area (Å²) in [5, 5.41) is 4.04. The van der Waals surface area contributed by atoms with Crippen LogP contribution in [0.2, 0.25) is 5.02 Å². The fourth-order valence-corrected chi connectivity index (χ4v) is 3.17. The first-order valence-corrected chi connectivity index (χ1v) is 9.47. The number of alkyl halides is 3. The smallest absolute Gasteiger partial charge is 0.435 e. The predicted octanol–water partition coefficient (Wildman–Crippen LogP) is 5.27. The summed E-state index contributed by atoms with van der Waals surface area (Å²) in [7, 11) is 0. The van der Waals surface area contributed by atoms with E-state index in [1.54, 1.807) is 24.3 Å². The number of hydrogen-bond acceptors (Lipinski definition) is 4. The van der Waals surface area contributed by atoms with Crippen molar-refractivity contribution in [1.82, 2.24) is 14.8 Å². The Bertz CT molecular complexity index is 1220. The zero-order chi connectivity index (χ0) is 22.2. The first-order chi connectivity index (χ1) is 14.8. The van der Waals surface area contributed by atoms with Crippen LogP contribution < -0.4 is 10.5 Å². The maximum absolute atomic E-state index is 13.6. The second kappa shape index (κ2) is 8.16. The van der Waals surface area contributed by atoms with Gasteiger partial charge in [0.15, 0.2) is 11.3 Å². The zero-order valence-corrected chi connectivity index (χ0v) is 16.6. The van der Waals surface area contributed by atoms with Gasteiger partial charge in [0.05, 0.1) is 11.1 Å². The normalized spacial score (nSPS) is 11.8. The van der Waals surface area contributed by atoms with Gasteiger partial charge in [-0.3, -0.25) is 0 Å². The maximum Gasteiger partial charge on any atom is 0.435 e. The highest BCUT2D eigenvalue weighted by molar-refractivity contribution is 6.30. The Hall–Kier alpha value is -3.17. The number of fused-ring (bicyclic) bond motifs is 1. The molecule has 0 radical (unpaired) electrons. The maximum atomic E-state index is 13.6. The molecule has 4 aromatic rings. The van der Waals surface area contributed by atoms with E-state index in [9.17, 15) is 17.6 Å². The van der Waals surface area contributed by atoms with Crippen LogP contribution in [0.3, 0.4) is 0 Å². The number of hydrogen-bond donors (Lipinski definition) is 1. The number of nitrogens with two attached hydrogens (primary N) is 1. The Kier molecular flexibility index (Phi) is 5.55. The van der Waals surface area contributed by atoms with Crippen molar-refractivity contribution in [3.05, 3.63) is 82.3 Å². The molecule has 2 heterocycles. The Morgan fingerprint density at radius 3 is 2.32 bits per heavy atom. The SMILES string of the molecule is NCc1cc2c(C(F)(F)F)nn(-c3ccc(F)cc3)c2nc1OCc1ccc(Cl)cc1. The van der Waals surface area contributed by atoms with Gasteiger partial charge in [-0.2, -0.15) is 23.3 Å². The standard InChI is InChI=1S/C21H15ClF4N4O/c22-14-3-1-12(2-4-14)11-31-20-13(10-27)9-17-18(21(24,25)26)29-30(19(17)28-20)16-7-5-15(23)6-8-16/h1-9H,10-11,27H2. The van der Waals surface area contributed by atoms with Gasteiger partial charge < -0.3 is 10.5 Å². The van der Waals surface area contributed by atoms with Crippen molar-refractivity contribution in [2.45, 2.75) is 19.3 Å². The zero-order valence-electron chi connectivity index (χ0n) is 15.8. The van der Waals surface area contributed by atoms with Crippen molar-refractivity contribution in [3.8, 4) is 11.6 Å². The minimum absolute atomic E-state index is 0.0813. The monoisotopic (exact) mass is 450 g/mol. The van der Waals surface area contributed by atoms with E-state index in [0.717, 1.165) is 22.4 Å². The van der Waals surface area contributed by atoms with Gasteiger partial charge in [-0.1, -0.05) is 23.7 Å². The summed E-state index contributed by atoms with van der Waals surface area (Å²) in [5.74, 6) is -0.441. The lowest BCUT2D eigenvalue weighted by atomic mass is 10.2. The van der Waals surface area contributed by atoms with Crippen LogP contribution in [-0.4, -0.2) is 14.8 Å². The predicted molar refractivity (Wildman–Crippen MR) is 108 cm³/mol. The summed E-state index contributed by atoms with van der Waals surface area (Å²) < 4.78 is 60.9. The van der Waals surface area contributed by atoms with Crippen molar-refractivity contribution in [1.29, 1.82) is 0 Å². The summed E-state index contributed by atoms with van der Waals surface area (Å²) >= 11 is 5.87. The van der Waals surface area contributed by atoms with Crippen LogP contribution in [0.25, 0.3) is 16.7 Å².